The number of nitrogens with one attached hydrogen (secondary N) is 2. The van der Waals surface area contributed by atoms with E-state index in [-0.39, 0.29) is 0 Å². The summed E-state index contributed by atoms with van der Waals surface area (Å²) in [6.07, 6.45) is 7.29. The molecular formula is C21H31N5O2. The Balaban J connectivity index is 1.36. The Bertz CT molecular complexity index is 711. The number of rotatable bonds is 10. The lowest BCUT2D eigenvalue weighted by Crippen LogP contribution is -2.37. The quantitative estimate of drug-likeness (QED) is 0.373. The third kappa shape index (κ3) is 6.65. The average molecular weight is 386 g/mol. The third-order valence-corrected chi connectivity index (χ3v) is 4.77. The van der Waals surface area contributed by atoms with Gasteiger partial charge in [-0.2, -0.15) is 5.10 Å². The molecule has 152 valence electrons. The summed E-state index contributed by atoms with van der Waals surface area (Å²) in [5.41, 5.74) is 2.48. The molecule has 0 spiro atoms. The third-order valence-electron chi connectivity index (χ3n) is 4.77. The van der Waals surface area contributed by atoms with E-state index in [0.29, 0.717) is 19.3 Å². The summed E-state index contributed by atoms with van der Waals surface area (Å²) >= 11 is 0. The fourth-order valence-corrected chi connectivity index (χ4v) is 3.22. The molecule has 1 aliphatic heterocycles. The van der Waals surface area contributed by atoms with Crippen molar-refractivity contribution in [3.63, 3.8) is 0 Å². The predicted molar refractivity (Wildman–Crippen MR) is 110 cm³/mol. The van der Waals surface area contributed by atoms with Crippen LogP contribution in [0.2, 0.25) is 0 Å². The van der Waals surface area contributed by atoms with Crippen LogP contribution in [0.3, 0.4) is 0 Å². The van der Waals surface area contributed by atoms with Crippen molar-refractivity contribution in [1.82, 2.24) is 20.4 Å². The standard InChI is InChI=1S/C21H31N5O2/c1-22-21(23-10-6-13-27-17-20-9-4-14-28-20)24-15-18-7-2-3-8-19(18)16-26-12-5-11-25-26/h2-3,5,7-8,11-12,20H,4,6,9-10,13-17H2,1H3,(H2,22,23,24). The minimum absolute atomic E-state index is 0.296. The topological polar surface area (TPSA) is 72.7 Å². The maximum absolute atomic E-state index is 5.69. The van der Waals surface area contributed by atoms with E-state index in [1.165, 1.54) is 11.1 Å². The molecular weight excluding hydrogens is 354 g/mol. The first kappa shape index (κ1) is 20.4. The minimum Gasteiger partial charge on any atom is -0.379 e. The molecule has 1 saturated heterocycles. The Hall–Kier alpha value is -2.38. The van der Waals surface area contributed by atoms with Gasteiger partial charge in [-0.05, 0) is 36.5 Å². The molecule has 1 aromatic heterocycles. The molecule has 0 amide bonds. The van der Waals surface area contributed by atoms with Crippen LogP contribution in [0, 0.1) is 0 Å². The summed E-state index contributed by atoms with van der Waals surface area (Å²) in [7, 11) is 1.79. The number of aromatic nitrogens is 2. The van der Waals surface area contributed by atoms with Crippen LogP contribution in [0.5, 0.6) is 0 Å². The van der Waals surface area contributed by atoms with Crippen LogP contribution in [-0.4, -0.2) is 55.3 Å². The normalized spacial score (nSPS) is 17.0. The van der Waals surface area contributed by atoms with Gasteiger partial charge in [0.25, 0.3) is 0 Å². The molecule has 1 atom stereocenters. The Morgan fingerprint density at radius 1 is 1.29 bits per heavy atom. The highest BCUT2D eigenvalue weighted by molar-refractivity contribution is 5.79. The van der Waals surface area contributed by atoms with Crippen LogP contribution in [0.1, 0.15) is 30.4 Å². The maximum Gasteiger partial charge on any atom is 0.191 e. The molecule has 1 fully saturated rings. The molecule has 1 unspecified atom stereocenters. The average Bonchev–Trinajstić information content (AvgIpc) is 3.42. The zero-order valence-electron chi connectivity index (χ0n) is 16.6. The van der Waals surface area contributed by atoms with Crippen LogP contribution >= 0.6 is 0 Å². The Kier molecular flexibility index (Phi) is 8.33. The molecule has 2 N–H and O–H groups in total. The van der Waals surface area contributed by atoms with Crippen molar-refractivity contribution >= 4 is 5.96 Å². The van der Waals surface area contributed by atoms with Crippen molar-refractivity contribution in [2.24, 2.45) is 4.99 Å². The van der Waals surface area contributed by atoms with Crippen molar-refractivity contribution in [1.29, 1.82) is 0 Å². The Morgan fingerprint density at radius 3 is 2.93 bits per heavy atom. The fourth-order valence-electron chi connectivity index (χ4n) is 3.22. The van der Waals surface area contributed by atoms with E-state index in [1.54, 1.807) is 13.2 Å². The summed E-state index contributed by atoms with van der Waals surface area (Å²) in [4.78, 5) is 4.31. The van der Waals surface area contributed by atoms with Gasteiger partial charge in [0.2, 0.25) is 0 Å². The van der Waals surface area contributed by atoms with Gasteiger partial charge in [-0.1, -0.05) is 24.3 Å². The lowest BCUT2D eigenvalue weighted by molar-refractivity contribution is 0.0168. The van der Waals surface area contributed by atoms with Crippen LogP contribution in [0.4, 0.5) is 0 Å². The van der Waals surface area contributed by atoms with Gasteiger partial charge >= 0.3 is 0 Å². The number of nitrogens with zero attached hydrogens (tertiary/aromatic N) is 3. The molecule has 0 radical (unpaired) electrons. The van der Waals surface area contributed by atoms with E-state index in [2.05, 4.69) is 45.0 Å². The van der Waals surface area contributed by atoms with Crippen molar-refractivity contribution in [3.8, 4) is 0 Å². The molecule has 0 bridgehead atoms. The monoisotopic (exact) mass is 385 g/mol. The minimum atomic E-state index is 0.296. The fraction of sp³-hybridized carbons (Fsp3) is 0.524. The van der Waals surface area contributed by atoms with Crippen LogP contribution in [0.15, 0.2) is 47.7 Å². The van der Waals surface area contributed by atoms with Crippen molar-refractivity contribution in [2.45, 2.75) is 38.5 Å². The molecule has 28 heavy (non-hydrogen) atoms. The highest BCUT2D eigenvalue weighted by Gasteiger charge is 2.14. The number of guanidine groups is 1. The van der Waals surface area contributed by atoms with E-state index < -0.39 is 0 Å². The molecule has 1 aromatic carbocycles. The number of benzene rings is 1. The van der Waals surface area contributed by atoms with Gasteiger partial charge in [0.1, 0.15) is 0 Å². The van der Waals surface area contributed by atoms with Gasteiger partial charge in [0, 0.05) is 45.7 Å². The Morgan fingerprint density at radius 2 is 2.18 bits per heavy atom. The first-order valence-corrected chi connectivity index (χ1v) is 10.0. The largest absolute Gasteiger partial charge is 0.379 e. The Labute approximate surface area is 167 Å². The summed E-state index contributed by atoms with van der Waals surface area (Å²) in [6.45, 7) is 4.62. The van der Waals surface area contributed by atoms with Gasteiger partial charge in [-0.3, -0.25) is 9.67 Å². The first-order chi connectivity index (χ1) is 13.8. The van der Waals surface area contributed by atoms with Gasteiger partial charge < -0.3 is 20.1 Å². The molecule has 1 aliphatic rings. The smallest absolute Gasteiger partial charge is 0.191 e. The van der Waals surface area contributed by atoms with Crippen molar-refractivity contribution < 1.29 is 9.47 Å². The SMILES string of the molecule is CN=C(NCCCOCC1CCCO1)NCc1ccccc1Cn1cccn1. The summed E-state index contributed by atoms with van der Waals surface area (Å²) in [5.74, 6) is 0.799. The highest BCUT2D eigenvalue weighted by Crippen LogP contribution is 2.12. The lowest BCUT2D eigenvalue weighted by Gasteiger charge is -2.15. The van der Waals surface area contributed by atoms with Gasteiger partial charge in [0.05, 0.1) is 19.3 Å². The van der Waals surface area contributed by atoms with Crippen LogP contribution in [0.25, 0.3) is 0 Å². The van der Waals surface area contributed by atoms with Crippen molar-refractivity contribution in [3.05, 3.63) is 53.9 Å². The summed E-state index contributed by atoms with van der Waals surface area (Å²) < 4.78 is 13.2. The maximum atomic E-state index is 5.69. The van der Waals surface area contributed by atoms with E-state index in [4.69, 9.17) is 9.47 Å². The van der Waals surface area contributed by atoms with Gasteiger partial charge in [-0.15, -0.1) is 0 Å². The highest BCUT2D eigenvalue weighted by atomic mass is 16.5. The summed E-state index contributed by atoms with van der Waals surface area (Å²) in [5, 5.41) is 11.0. The second kappa shape index (κ2) is 11.5. The number of hydrogen-bond donors (Lipinski definition) is 2. The number of hydrogen-bond acceptors (Lipinski definition) is 4. The molecule has 2 heterocycles. The molecule has 2 aromatic rings. The van der Waals surface area contributed by atoms with E-state index in [1.807, 2.05) is 16.9 Å². The van der Waals surface area contributed by atoms with Gasteiger partial charge in [0.15, 0.2) is 5.96 Å². The van der Waals surface area contributed by atoms with Crippen LogP contribution < -0.4 is 10.6 Å². The van der Waals surface area contributed by atoms with E-state index >= 15 is 0 Å². The van der Waals surface area contributed by atoms with E-state index in [0.717, 1.165) is 51.5 Å². The second-order valence-electron chi connectivity index (χ2n) is 6.89. The molecule has 7 nitrogen and oxygen atoms in total. The molecule has 7 heteroatoms. The zero-order valence-corrected chi connectivity index (χ0v) is 16.6. The molecule has 0 aliphatic carbocycles. The predicted octanol–water partition coefficient (Wildman–Crippen LogP) is 2.18. The molecule has 0 saturated carbocycles. The first-order valence-electron chi connectivity index (χ1n) is 10.0. The number of ether oxygens (including phenoxy) is 2. The van der Waals surface area contributed by atoms with Gasteiger partial charge in [-0.25, -0.2) is 0 Å². The summed E-state index contributed by atoms with van der Waals surface area (Å²) in [6, 6.07) is 10.3. The lowest BCUT2D eigenvalue weighted by atomic mass is 10.1. The van der Waals surface area contributed by atoms with Crippen LogP contribution in [-0.2, 0) is 22.6 Å². The number of aliphatic imine (C=N–C) groups is 1. The van der Waals surface area contributed by atoms with Crippen molar-refractivity contribution in [2.75, 3.05) is 33.4 Å². The zero-order chi connectivity index (χ0) is 19.4. The molecule has 3 rings (SSSR count). The van der Waals surface area contributed by atoms with E-state index in [9.17, 15) is 0 Å². The second-order valence-corrected chi connectivity index (χ2v) is 6.89.